The second-order valence-corrected chi connectivity index (χ2v) is 5.51. The zero-order chi connectivity index (χ0) is 17.2. The molecule has 0 amide bonds. The lowest BCUT2D eigenvalue weighted by atomic mass is 9.99. The number of aryl methyl sites for hydroxylation is 1. The number of carboxylic acids is 1. The minimum atomic E-state index is -5.17. The van der Waals surface area contributed by atoms with Gasteiger partial charge in [-0.25, -0.2) is 9.78 Å². The predicted octanol–water partition coefficient (Wildman–Crippen LogP) is 3.15. The maximum atomic E-state index is 11.6. The van der Waals surface area contributed by atoms with E-state index >= 15 is 0 Å². The van der Waals surface area contributed by atoms with Crippen LogP contribution in [0.25, 0.3) is 21.8 Å². The van der Waals surface area contributed by atoms with Gasteiger partial charge in [-0.2, -0.15) is 8.42 Å². The van der Waals surface area contributed by atoms with Gasteiger partial charge in [0.25, 0.3) is 0 Å². The molecule has 2 aromatic carbocycles. The van der Waals surface area contributed by atoms with Crippen LogP contribution in [0.2, 0.25) is 0 Å². The van der Waals surface area contributed by atoms with Gasteiger partial charge in [0, 0.05) is 10.8 Å². The van der Waals surface area contributed by atoms with Gasteiger partial charge in [-0.15, -0.1) is 0 Å². The Morgan fingerprint density at radius 3 is 2.26 bits per heavy atom. The second-order valence-electron chi connectivity index (χ2n) is 4.69. The minimum absolute atomic E-state index is 0.341. The first-order valence-corrected chi connectivity index (χ1v) is 7.71. The summed E-state index contributed by atoms with van der Waals surface area (Å²) in [6, 6.07) is 13.0. The molecule has 6 nitrogen and oxygen atoms in total. The van der Waals surface area contributed by atoms with E-state index in [1.165, 1.54) is 0 Å². The number of carboxylic acid groups (broad SMARTS) is 1. The van der Waals surface area contributed by atoms with E-state index in [4.69, 9.17) is 13.0 Å². The molecule has 0 bridgehead atoms. The fourth-order valence-electron chi connectivity index (χ4n) is 2.34. The molecule has 0 aliphatic carbocycles. The molecule has 0 aliphatic heterocycles. The van der Waals surface area contributed by atoms with Crippen LogP contribution in [-0.2, 0) is 10.5 Å². The molecule has 8 heteroatoms. The van der Waals surface area contributed by atoms with Crippen molar-refractivity contribution in [2.75, 3.05) is 0 Å². The summed E-state index contributed by atoms with van der Waals surface area (Å²) in [6.07, 6.45) is 0. The van der Waals surface area contributed by atoms with Gasteiger partial charge < -0.3 is 5.11 Å². The molecule has 120 valence electrons. The van der Waals surface area contributed by atoms with Gasteiger partial charge in [-0.3, -0.25) is 4.55 Å². The Hall–Kier alpha value is -2.58. The number of pyridine rings is 1. The Bertz CT molecular complexity index is 993. The van der Waals surface area contributed by atoms with E-state index in [-0.39, 0.29) is 0 Å². The largest absolute Gasteiger partial charge is 0.478 e. The standard InChI is InChI=1S/C15H11NO2.FHO3S/c1-9-5-4-8-12-13(9)14(15(17)18)10-6-2-3-7-11(10)16-12;1-5(2,3)4/h2-8H,1H3,(H,17,18);(H,2,3,4). The van der Waals surface area contributed by atoms with Crippen LogP contribution in [-0.4, -0.2) is 29.0 Å². The first kappa shape index (κ1) is 16.8. The van der Waals surface area contributed by atoms with Gasteiger partial charge >= 0.3 is 16.5 Å². The molecule has 0 atom stereocenters. The minimum Gasteiger partial charge on any atom is -0.478 e. The highest BCUT2D eigenvalue weighted by atomic mass is 32.3. The molecular formula is C15H12FNO5S. The quantitative estimate of drug-likeness (QED) is 0.401. The van der Waals surface area contributed by atoms with Gasteiger partial charge in [-0.05, 0) is 24.6 Å². The highest BCUT2D eigenvalue weighted by Crippen LogP contribution is 2.28. The molecule has 23 heavy (non-hydrogen) atoms. The molecule has 0 fully saturated rings. The van der Waals surface area contributed by atoms with Crippen LogP contribution >= 0.6 is 0 Å². The SMILES string of the molecule is Cc1cccc2nc3ccccc3c(C(=O)O)c12.O=S(=O)(O)F. The first-order chi connectivity index (χ1) is 10.7. The van der Waals surface area contributed by atoms with E-state index in [1.807, 2.05) is 43.3 Å². The van der Waals surface area contributed by atoms with Crippen LogP contribution in [0.4, 0.5) is 3.89 Å². The number of carbonyl (C=O) groups is 1. The van der Waals surface area contributed by atoms with Crippen LogP contribution in [0.1, 0.15) is 15.9 Å². The van der Waals surface area contributed by atoms with Gasteiger partial charge in [0.05, 0.1) is 16.6 Å². The highest BCUT2D eigenvalue weighted by molar-refractivity contribution is 7.80. The van der Waals surface area contributed by atoms with Crippen molar-refractivity contribution in [2.45, 2.75) is 6.92 Å². The number of hydrogen-bond donors (Lipinski definition) is 2. The van der Waals surface area contributed by atoms with Crippen LogP contribution in [0.15, 0.2) is 42.5 Å². The Morgan fingerprint density at radius 1 is 1.09 bits per heavy atom. The third-order valence-electron chi connectivity index (χ3n) is 3.13. The number of benzene rings is 2. The van der Waals surface area contributed by atoms with Crippen molar-refractivity contribution in [1.82, 2.24) is 4.98 Å². The predicted molar refractivity (Wildman–Crippen MR) is 83.6 cm³/mol. The number of aromatic nitrogens is 1. The molecule has 0 saturated heterocycles. The topological polar surface area (TPSA) is 105 Å². The maximum Gasteiger partial charge on any atom is 0.435 e. The molecule has 1 aromatic heterocycles. The van der Waals surface area contributed by atoms with Crippen molar-refractivity contribution in [3.05, 3.63) is 53.6 Å². The number of aromatic carboxylic acids is 1. The second kappa shape index (κ2) is 6.27. The van der Waals surface area contributed by atoms with Crippen molar-refractivity contribution in [1.29, 1.82) is 0 Å². The maximum absolute atomic E-state index is 11.6. The van der Waals surface area contributed by atoms with E-state index in [9.17, 15) is 13.8 Å². The molecule has 3 rings (SSSR count). The first-order valence-electron chi connectivity index (χ1n) is 6.37. The summed E-state index contributed by atoms with van der Waals surface area (Å²) < 4.78 is 34.1. The molecule has 0 unspecified atom stereocenters. The van der Waals surface area contributed by atoms with Crippen molar-refractivity contribution in [3.8, 4) is 0 Å². The van der Waals surface area contributed by atoms with Crippen LogP contribution in [0.5, 0.6) is 0 Å². The lowest BCUT2D eigenvalue weighted by molar-refractivity contribution is 0.0701. The third kappa shape index (κ3) is 3.99. The average molecular weight is 337 g/mol. The molecule has 3 aromatic rings. The fraction of sp³-hybridized carbons (Fsp3) is 0.0667. The van der Waals surface area contributed by atoms with Crippen LogP contribution in [0, 0.1) is 6.92 Å². The smallest absolute Gasteiger partial charge is 0.435 e. The Balaban J connectivity index is 0.000000338. The van der Waals surface area contributed by atoms with Crippen LogP contribution < -0.4 is 0 Å². The number of rotatable bonds is 1. The lowest BCUT2D eigenvalue weighted by Crippen LogP contribution is -2.02. The average Bonchev–Trinajstić information content (AvgIpc) is 2.43. The molecule has 0 spiro atoms. The summed E-state index contributed by atoms with van der Waals surface area (Å²) in [7, 11) is -5.17. The zero-order valence-electron chi connectivity index (χ0n) is 11.9. The summed E-state index contributed by atoms with van der Waals surface area (Å²) in [5.41, 5.74) is 2.72. The Morgan fingerprint density at radius 2 is 1.65 bits per heavy atom. The normalized spacial score (nSPS) is 11.1. The number of halogens is 1. The van der Waals surface area contributed by atoms with E-state index in [1.54, 1.807) is 6.07 Å². The fourth-order valence-corrected chi connectivity index (χ4v) is 2.34. The zero-order valence-corrected chi connectivity index (χ0v) is 12.7. The van der Waals surface area contributed by atoms with Gasteiger partial charge in [0.15, 0.2) is 0 Å². The molecule has 0 saturated carbocycles. The molecular weight excluding hydrogens is 325 g/mol. The highest BCUT2D eigenvalue weighted by Gasteiger charge is 2.15. The number of nitrogens with zero attached hydrogens (tertiary/aromatic N) is 1. The monoisotopic (exact) mass is 337 g/mol. The van der Waals surface area contributed by atoms with Crippen molar-refractivity contribution in [3.63, 3.8) is 0 Å². The molecule has 0 radical (unpaired) electrons. The summed E-state index contributed by atoms with van der Waals surface area (Å²) in [5, 5.41) is 10.9. The third-order valence-corrected chi connectivity index (χ3v) is 3.13. The number of hydrogen-bond acceptors (Lipinski definition) is 4. The van der Waals surface area contributed by atoms with Crippen molar-refractivity contribution < 1.29 is 26.8 Å². The van der Waals surface area contributed by atoms with E-state index in [2.05, 4.69) is 4.98 Å². The van der Waals surface area contributed by atoms with Gasteiger partial charge in [0.1, 0.15) is 0 Å². The van der Waals surface area contributed by atoms with Crippen LogP contribution in [0.3, 0.4) is 0 Å². The number of para-hydroxylation sites is 1. The van der Waals surface area contributed by atoms with Crippen molar-refractivity contribution in [2.24, 2.45) is 0 Å². The molecule has 0 aliphatic rings. The lowest BCUT2D eigenvalue weighted by Gasteiger charge is -2.09. The summed E-state index contributed by atoms with van der Waals surface area (Å²) >= 11 is 0. The Kier molecular flexibility index (Phi) is 4.57. The molecule has 1 heterocycles. The van der Waals surface area contributed by atoms with E-state index < -0.39 is 16.5 Å². The van der Waals surface area contributed by atoms with Gasteiger partial charge in [-0.1, -0.05) is 34.2 Å². The van der Waals surface area contributed by atoms with E-state index in [0.717, 1.165) is 16.5 Å². The van der Waals surface area contributed by atoms with Crippen molar-refractivity contribution >= 4 is 38.3 Å². The Labute approximate surface area is 131 Å². The van der Waals surface area contributed by atoms with Gasteiger partial charge in [0.2, 0.25) is 0 Å². The molecule has 2 N–H and O–H groups in total. The number of fused-ring (bicyclic) bond motifs is 2. The van der Waals surface area contributed by atoms with E-state index in [0.29, 0.717) is 16.5 Å². The summed E-state index contributed by atoms with van der Waals surface area (Å²) in [6.45, 7) is 1.91. The summed E-state index contributed by atoms with van der Waals surface area (Å²) in [5.74, 6) is -0.909. The summed E-state index contributed by atoms with van der Waals surface area (Å²) in [4.78, 5) is 16.1.